The standard InChI is InChI=1S/C11H13F3O3S2/c1-2-3-8-18-10-7-5-4-6-9(10)17-19(15,16)11(12,13)14/h4-7H,2-3,8H2,1H3. The second-order valence-electron chi connectivity index (χ2n) is 3.63. The smallest absolute Gasteiger partial charge is 0.375 e. The van der Waals surface area contributed by atoms with Crippen molar-refractivity contribution in [3.8, 4) is 5.75 Å². The summed E-state index contributed by atoms with van der Waals surface area (Å²) in [6.45, 7) is 1.98. The molecule has 0 aliphatic heterocycles. The lowest BCUT2D eigenvalue weighted by atomic mass is 10.3. The number of hydrogen-bond donors (Lipinski definition) is 0. The number of rotatable bonds is 6. The summed E-state index contributed by atoms with van der Waals surface area (Å²) in [6.07, 6.45) is 1.82. The zero-order valence-electron chi connectivity index (χ0n) is 10.1. The molecule has 0 aliphatic carbocycles. The van der Waals surface area contributed by atoms with Crippen molar-refractivity contribution in [2.24, 2.45) is 0 Å². The first-order valence-corrected chi connectivity index (χ1v) is 7.90. The fraction of sp³-hybridized carbons (Fsp3) is 0.455. The fourth-order valence-corrected chi connectivity index (χ4v) is 2.74. The molecule has 0 spiro atoms. The molecule has 0 N–H and O–H groups in total. The minimum Gasteiger partial charge on any atom is -0.375 e. The molecule has 3 nitrogen and oxygen atoms in total. The third-order valence-corrected chi connectivity index (χ3v) is 4.19. The monoisotopic (exact) mass is 314 g/mol. The zero-order valence-corrected chi connectivity index (χ0v) is 11.7. The molecule has 0 saturated carbocycles. The number of thioether (sulfide) groups is 1. The summed E-state index contributed by atoms with van der Waals surface area (Å²) in [7, 11) is -5.62. The first-order chi connectivity index (χ1) is 8.78. The lowest BCUT2D eigenvalue weighted by molar-refractivity contribution is -0.0500. The van der Waals surface area contributed by atoms with Gasteiger partial charge in [-0.25, -0.2) is 0 Å². The van der Waals surface area contributed by atoms with Crippen molar-refractivity contribution < 1.29 is 25.8 Å². The molecular formula is C11H13F3O3S2. The molecule has 0 radical (unpaired) electrons. The van der Waals surface area contributed by atoms with Crippen LogP contribution >= 0.6 is 11.8 Å². The second-order valence-corrected chi connectivity index (χ2v) is 6.31. The summed E-state index contributed by atoms with van der Waals surface area (Å²) in [5.41, 5.74) is -5.42. The highest BCUT2D eigenvalue weighted by Gasteiger charge is 2.48. The largest absolute Gasteiger partial charge is 0.534 e. The van der Waals surface area contributed by atoms with Gasteiger partial charge in [0.1, 0.15) is 0 Å². The molecule has 0 bridgehead atoms. The van der Waals surface area contributed by atoms with Crippen LogP contribution in [-0.4, -0.2) is 19.7 Å². The van der Waals surface area contributed by atoms with Gasteiger partial charge in [0, 0.05) is 0 Å². The summed E-state index contributed by atoms with van der Waals surface area (Å²) in [4.78, 5) is 0.378. The molecule has 1 aromatic carbocycles. The Morgan fingerprint density at radius 3 is 2.47 bits per heavy atom. The summed E-state index contributed by atoms with van der Waals surface area (Å²) in [6, 6.07) is 5.77. The van der Waals surface area contributed by atoms with Gasteiger partial charge in [0.15, 0.2) is 5.75 Å². The molecule has 0 unspecified atom stereocenters. The van der Waals surface area contributed by atoms with E-state index in [4.69, 9.17) is 0 Å². The van der Waals surface area contributed by atoms with Crippen LogP contribution in [0.2, 0.25) is 0 Å². The molecule has 19 heavy (non-hydrogen) atoms. The number of benzene rings is 1. The zero-order chi connectivity index (χ0) is 14.5. The summed E-state index contributed by atoms with van der Waals surface area (Å²) in [5.74, 6) is 0.393. The van der Waals surface area contributed by atoms with Crippen LogP contribution in [0, 0.1) is 0 Å². The fourth-order valence-electron chi connectivity index (χ4n) is 1.13. The normalized spacial score (nSPS) is 12.4. The van der Waals surface area contributed by atoms with E-state index in [-0.39, 0.29) is 5.75 Å². The van der Waals surface area contributed by atoms with Crippen molar-refractivity contribution in [3.63, 3.8) is 0 Å². The van der Waals surface area contributed by atoms with E-state index in [9.17, 15) is 21.6 Å². The highest BCUT2D eigenvalue weighted by Crippen LogP contribution is 2.34. The number of para-hydroxylation sites is 1. The van der Waals surface area contributed by atoms with Crippen molar-refractivity contribution in [2.75, 3.05) is 5.75 Å². The van der Waals surface area contributed by atoms with Crippen LogP contribution in [0.4, 0.5) is 13.2 Å². The van der Waals surface area contributed by atoms with Gasteiger partial charge in [-0.15, -0.1) is 11.8 Å². The Balaban J connectivity index is 2.90. The molecule has 0 saturated heterocycles. The van der Waals surface area contributed by atoms with Crippen LogP contribution in [0.1, 0.15) is 19.8 Å². The molecule has 0 amide bonds. The van der Waals surface area contributed by atoms with Crippen LogP contribution < -0.4 is 4.18 Å². The van der Waals surface area contributed by atoms with Gasteiger partial charge in [-0.05, 0) is 24.3 Å². The number of unbranched alkanes of at least 4 members (excludes halogenated alkanes) is 1. The summed E-state index contributed by atoms with van der Waals surface area (Å²) >= 11 is 1.27. The van der Waals surface area contributed by atoms with Crippen molar-refractivity contribution in [1.82, 2.24) is 0 Å². The molecule has 0 fully saturated rings. The number of hydrogen-bond acceptors (Lipinski definition) is 4. The van der Waals surface area contributed by atoms with Gasteiger partial charge in [0.2, 0.25) is 0 Å². The maximum Gasteiger partial charge on any atom is 0.534 e. The molecule has 8 heteroatoms. The Kier molecular flexibility index (Phi) is 5.54. The highest BCUT2D eigenvalue weighted by molar-refractivity contribution is 7.99. The van der Waals surface area contributed by atoms with Crippen LogP contribution in [0.5, 0.6) is 5.75 Å². The maximum atomic E-state index is 12.2. The Bertz CT molecular complexity index is 512. The second kappa shape index (κ2) is 6.51. The van der Waals surface area contributed by atoms with Gasteiger partial charge in [-0.2, -0.15) is 21.6 Å². The van der Waals surface area contributed by atoms with E-state index in [2.05, 4.69) is 4.18 Å². The summed E-state index contributed by atoms with van der Waals surface area (Å²) < 4.78 is 62.8. The Labute approximate surface area is 114 Å². The van der Waals surface area contributed by atoms with E-state index in [1.54, 1.807) is 6.07 Å². The molecule has 0 aliphatic rings. The van der Waals surface area contributed by atoms with Crippen LogP contribution in [0.3, 0.4) is 0 Å². The average Bonchev–Trinajstić information content (AvgIpc) is 2.30. The predicted molar refractivity (Wildman–Crippen MR) is 67.7 cm³/mol. The van der Waals surface area contributed by atoms with Crippen molar-refractivity contribution in [1.29, 1.82) is 0 Å². The number of halogens is 3. The Morgan fingerprint density at radius 2 is 1.89 bits per heavy atom. The van der Waals surface area contributed by atoms with Crippen molar-refractivity contribution >= 4 is 21.9 Å². The lowest BCUT2D eigenvalue weighted by Gasteiger charge is -2.12. The minimum absolute atomic E-state index is 0.291. The van der Waals surface area contributed by atoms with Crippen LogP contribution in [-0.2, 0) is 10.1 Å². The molecular weight excluding hydrogens is 301 g/mol. The van der Waals surface area contributed by atoms with Gasteiger partial charge in [-0.1, -0.05) is 25.5 Å². The summed E-state index contributed by atoms with van der Waals surface area (Å²) in [5, 5.41) is 0. The average molecular weight is 314 g/mol. The Morgan fingerprint density at radius 1 is 1.26 bits per heavy atom. The highest BCUT2D eigenvalue weighted by atomic mass is 32.2. The van der Waals surface area contributed by atoms with Gasteiger partial charge in [-0.3, -0.25) is 0 Å². The van der Waals surface area contributed by atoms with Gasteiger partial charge in [0.05, 0.1) is 4.90 Å². The van der Waals surface area contributed by atoms with Gasteiger partial charge < -0.3 is 4.18 Å². The molecule has 0 atom stereocenters. The first-order valence-electron chi connectivity index (χ1n) is 5.50. The van der Waals surface area contributed by atoms with E-state index < -0.39 is 15.6 Å². The number of alkyl halides is 3. The molecule has 108 valence electrons. The van der Waals surface area contributed by atoms with Crippen LogP contribution in [0.25, 0.3) is 0 Å². The van der Waals surface area contributed by atoms with E-state index in [1.165, 1.54) is 30.0 Å². The van der Waals surface area contributed by atoms with Crippen molar-refractivity contribution in [2.45, 2.75) is 30.2 Å². The maximum absolute atomic E-state index is 12.2. The third kappa shape index (κ3) is 4.61. The molecule has 0 heterocycles. The SMILES string of the molecule is CCCCSc1ccccc1OS(=O)(=O)C(F)(F)F. The van der Waals surface area contributed by atoms with Crippen LogP contribution in [0.15, 0.2) is 29.2 Å². The minimum atomic E-state index is -5.62. The van der Waals surface area contributed by atoms with Gasteiger partial charge >= 0.3 is 15.6 Å². The Hall–Kier alpha value is -0.890. The third-order valence-electron chi connectivity index (χ3n) is 2.09. The quantitative estimate of drug-likeness (QED) is 0.347. The lowest BCUT2D eigenvalue weighted by Crippen LogP contribution is -2.28. The van der Waals surface area contributed by atoms with Gasteiger partial charge in [0.25, 0.3) is 0 Å². The first kappa shape index (κ1) is 16.2. The molecule has 1 aromatic rings. The van der Waals surface area contributed by atoms with E-state index in [0.717, 1.165) is 12.8 Å². The van der Waals surface area contributed by atoms with E-state index in [1.807, 2.05) is 6.92 Å². The van der Waals surface area contributed by atoms with E-state index in [0.29, 0.717) is 10.6 Å². The molecule has 1 rings (SSSR count). The predicted octanol–water partition coefficient (Wildman–Crippen LogP) is 3.81. The topological polar surface area (TPSA) is 43.4 Å². The van der Waals surface area contributed by atoms with Crippen molar-refractivity contribution in [3.05, 3.63) is 24.3 Å². The molecule has 0 aromatic heterocycles. The van der Waals surface area contributed by atoms with E-state index >= 15 is 0 Å².